The van der Waals surface area contributed by atoms with Crippen LogP contribution in [-0.4, -0.2) is 53.7 Å². The van der Waals surface area contributed by atoms with Crippen molar-refractivity contribution in [2.24, 2.45) is 5.92 Å². The van der Waals surface area contributed by atoms with Gasteiger partial charge in [-0.2, -0.15) is 0 Å². The van der Waals surface area contributed by atoms with E-state index in [0.717, 1.165) is 19.3 Å². The molecule has 2 aliphatic carbocycles. The molecule has 2 aromatic rings. The van der Waals surface area contributed by atoms with E-state index in [1.54, 1.807) is 4.90 Å². The van der Waals surface area contributed by atoms with Gasteiger partial charge in [0.05, 0.1) is 0 Å². The molecule has 2 unspecified atom stereocenters. The van der Waals surface area contributed by atoms with E-state index in [4.69, 9.17) is 9.84 Å². The molecule has 186 valence electrons. The van der Waals surface area contributed by atoms with Crippen LogP contribution in [0.2, 0.25) is 0 Å². The number of hydrogen-bond donors (Lipinski definition) is 2. The lowest BCUT2D eigenvalue weighted by molar-refractivity contribution is -0.138. The second kappa shape index (κ2) is 11.4. The van der Waals surface area contributed by atoms with Gasteiger partial charge in [0.1, 0.15) is 6.61 Å². The number of carboxylic acids is 1. The van der Waals surface area contributed by atoms with Gasteiger partial charge in [-0.25, -0.2) is 4.79 Å². The predicted octanol–water partition coefficient (Wildman–Crippen LogP) is 4.80. The van der Waals surface area contributed by atoms with Crippen molar-refractivity contribution in [3.8, 4) is 11.1 Å². The van der Waals surface area contributed by atoms with E-state index in [2.05, 4.69) is 29.6 Å². The third-order valence-electron chi connectivity index (χ3n) is 7.22. The molecule has 2 atom stereocenters. The van der Waals surface area contributed by atoms with Crippen molar-refractivity contribution in [3.05, 3.63) is 59.7 Å². The second-order valence-corrected chi connectivity index (χ2v) is 9.52. The number of rotatable bonds is 10. The number of nitrogens with zero attached hydrogens (tertiary/aromatic N) is 1. The molecular formula is C28H34N2O5. The summed E-state index contributed by atoms with van der Waals surface area (Å²) in [7, 11) is 0. The normalized spacial score (nSPS) is 18.5. The Kier molecular flexibility index (Phi) is 8.06. The van der Waals surface area contributed by atoms with Crippen LogP contribution in [0.15, 0.2) is 48.5 Å². The molecule has 35 heavy (non-hydrogen) atoms. The van der Waals surface area contributed by atoms with Crippen LogP contribution in [0.5, 0.6) is 0 Å². The zero-order chi connectivity index (χ0) is 24.8. The van der Waals surface area contributed by atoms with Crippen LogP contribution in [0.4, 0.5) is 4.79 Å². The fraction of sp³-hybridized carbons (Fsp3) is 0.464. The first-order chi connectivity index (χ1) is 17.0. The minimum atomic E-state index is -0.841. The zero-order valence-electron chi connectivity index (χ0n) is 20.2. The fourth-order valence-electron chi connectivity index (χ4n) is 5.45. The summed E-state index contributed by atoms with van der Waals surface area (Å²) >= 11 is 0. The number of hydrogen-bond acceptors (Lipinski definition) is 4. The molecular weight excluding hydrogens is 444 g/mol. The van der Waals surface area contributed by atoms with Gasteiger partial charge in [-0.15, -0.1) is 0 Å². The molecule has 2 N–H and O–H groups in total. The van der Waals surface area contributed by atoms with Crippen LogP contribution in [0.25, 0.3) is 11.1 Å². The van der Waals surface area contributed by atoms with E-state index in [1.807, 2.05) is 31.2 Å². The Labute approximate surface area is 206 Å². The van der Waals surface area contributed by atoms with E-state index in [-0.39, 0.29) is 36.8 Å². The Morgan fingerprint density at radius 2 is 1.69 bits per heavy atom. The summed E-state index contributed by atoms with van der Waals surface area (Å²) in [6.45, 7) is 3.24. The van der Waals surface area contributed by atoms with Crippen LogP contribution in [-0.2, 0) is 14.3 Å². The van der Waals surface area contributed by atoms with Crippen LogP contribution < -0.4 is 5.32 Å². The maximum absolute atomic E-state index is 12.7. The maximum atomic E-state index is 12.7. The summed E-state index contributed by atoms with van der Waals surface area (Å²) in [5, 5.41) is 11.8. The first-order valence-corrected chi connectivity index (χ1v) is 12.6. The summed E-state index contributed by atoms with van der Waals surface area (Å²) < 4.78 is 5.66. The number of alkyl carbamates (subject to hydrolysis) is 1. The maximum Gasteiger partial charge on any atom is 0.407 e. The Bertz CT molecular complexity index is 1020. The summed E-state index contributed by atoms with van der Waals surface area (Å²) in [6, 6.07) is 16.5. The summed E-state index contributed by atoms with van der Waals surface area (Å²) in [4.78, 5) is 37.7. The van der Waals surface area contributed by atoms with Crippen molar-refractivity contribution in [1.82, 2.24) is 10.2 Å². The highest BCUT2D eigenvalue weighted by atomic mass is 16.5. The number of nitrogens with one attached hydrogen (secondary N) is 1. The molecule has 7 nitrogen and oxygen atoms in total. The van der Waals surface area contributed by atoms with Crippen molar-refractivity contribution in [2.45, 2.75) is 57.4 Å². The summed E-state index contributed by atoms with van der Waals surface area (Å²) in [5.74, 6) is -0.533. The van der Waals surface area contributed by atoms with Gasteiger partial charge >= 0.3 is 12.1 Å². The second-order valence-electron chi connectivity index (χ2n) is 9.52. The molecule has 0 aromatic heterocycles. The first kappa shape index (κ1) is 24.8. The first-order valence-electron chi connectivity index (χ1n) is 12.6. The molecule has 1 fully saturated rings. The molecule has 0 radical (unpaired) electrons. The van der Waals surface area contributed by atoms with Gasteiger partial charge in [-0.05, 0) is 60.8 Å². The lowest BCUT2D eigenvalue weighted by Crippen LogP contribution is -2.35. The van der Waals surface area contributed by atoms with Crippen LogP contribution in [0, 0.1) is 5.92 Å². The molecule has 0 aliphatic heterocycles. The third-order valence-corrected chi connectivity index (χ3v) is 7.22. The van der Waals surface area contributed by atoms with E-state index >= 15 is 0 Å². The smallest absolute Gasteiger partial charge is 0.407 e. The molecule has 2 aromatic carbocycles. The number of carbonyl (C=O) groups is 3. The number of aliphatic carboxylic acids is 1. The lowest BCUT2D eigenvalue weighted by Gasteiger charge is -2.22. The molecule has 2 aliphatic rings. The highest BCUT2D eigenvalue weighted by Crippen LogP contribution is 2.44. The average Bonchev–Trinajstić information content (AvgIpc) is 3.42. The minimum Gasteiger partial charge on any atom is -0.481 e. The fourth-order valence-corrected chi connectivity index (χ4v) is 5.45. The lowest BCUT2D eigenvalue weighted by atomic mass is 9.98. The zero-order valence-corrected chi connectivity index (χ0v) is 20.2. The molecule has 0 spiro atoms. The van der Waals surface area contributed by atoms with Gasteiger partial charge in [0.25, 0.3) is 0 Å². The highest BCUT2D eigenvalue weighted by Gasteiger charge is 2.31. The summed E-state index contributed by atoms with van der Waals surface area (Å²) in [5.41, 5.74) is 4.77. The highest BCUT2D eigenvalue weighted by molar-refractivity contribution is 5.79. The van der Waals surface area contributed by atoms with E-state index in [9.17, 15) is 14.4 Å². The van der Waals surface area contributed by atoms with Crippen molar-refractivity contribution < 1.29 is 24.2 Å². The van der Waals surface area contributed by atoms with Gasteiger partial charge in [-0.1, -0.05) is 48.5 Å². The van der Waals surface area contributed by atoms with Crippen molar-refractivity contribution in [1.29, 1.82) is 0 Å². The molecule has 4 rings (SSSR count). The predicted molar refractivity (Wildman–Crippen MR) is 133 cm³/mol. The number of carboxylic acid groups (broad SMARTS) is 1. The SMILES string of the molecule is CCN(CCCC(=O)O)C(=O)CC1CCC(NC(=O)OCC2c3ccccc3-c3ccccc32)C1. The monoisotopic (exact) mass is 478 g/mol. The van der Waals surface area contributed by atoms with Crippen molar-refractivity contribution >= 4 is 18.0 Å². The summed E-state index contributed by atoms with van der Waals surface area (Å²) in [6.07, 6.45) is 3.02. The average molecular weight is 479 g/mol. The van der Waals surface area contributed by atoms with E-state index < -0.39 is 12.1 Å². The number of ether oxygens (including phenoxy) is 1. The van der Waals surface area contributed by atoms with Crippen LogP contribution in [0.1, 0.15) is 62.5 Å². The Hall–Kier alpha value is -3.35. The molecule has 0 bridgehead atoms. The van der Waals surface area contributed by atoms with Crippen LogP contribution in [0.3, 0.4) is 0 Å². The van der Waals surface area contributed by atoms with Gasteiger partial charge in [0, 0.05) is 37.9 Å². The van der Waals surface area contributed by atoms with Gasteiger partial charge < -0.3 is 20.1 Å². The Balaban J connectivity index is 1.24. The largest absolute Gasteiger partial charge is 0.481 e. The molecule has 2 amide bonds. The van der Waals surface area contributed by atoms with Crippen molar-refractivity contribution in [2.75, 3.05) is 19.7 Å². The quantitative estimate of drug-likeness (QED) is 0.512. The van der Waals surface area contributed by atoms with Gasteiger partial charge in [0.2, 0.25) is 5.91 Å². The Morgan fingerprint density at radius 1 is 1.03 bits per heavy atom. The third kappa shape index (κ3) is 6.02. The van der Waals surface area contributed by atoms with Crippen molar-refractivity contribution in [3.63, 3.8) is 0 Å². The van der Waals surface area contributed by atoms with Gasteiger partial charge in [0.15, 0.2) is 0 Å². The number of carbonyl (C=O) groups excluding carboxylic acids is 2. The molecule has 1 saturated carbocycles. The molecule has 7 heteroatoms. The van der Waals surface area contributed by atoms with E-state index in [0.29, 0.717) is 25.9 Å². The van der Waals surface area contributed by atoms with Gasteiger partial charge in [-0.3, -0.25) is 9.59 Å². The number of benzene rings is 2. The Morgan fingerprint density at radius 3 is 2.31 bits per heavy atom. The van der Waals surface area contributed by atoms with Crippen LogP contribution >= 0.6 is 0 Å². The van der Waals surface area contributed by atoms with E-state index in [1.165, 1.54) is 22.3 Å². The standard InChI is InChI=1S/C28H34N2O5/c1-2-30(15-7-12-27(32)33)26(31)17-19-13-14-20(16-19)29-28(34)35-18-25-23-10-5-3-8-21(23)22-9-4-6-11-24(22)25/h3-6,8-11,19-20,25H,2,7,12-18H2,1H3,(H,29,34)(H,32,33). The minimum absolute atomic E-state index is 0.00513. The number of amides is 2. The molecule has 0 saturated heterocycles. The topological polar surface area (TPSA) is 95.9 Å². The number of fused-ring (bicyclic) bond motifs is 3. The molecule has 0 heterocycles.